The molecular weight excluding hydrogens is 296 g/mol. The van der Waals surface area contributed by atoms with Gasteiger partial charge in [0.05, 0.1) is 5.92 Å². The van der Waals surface area contributed by atoms with E-state index in [1.165, 1.54) is 0 Å². The van der Waals surface area contributed by atoms with Gasteiger partial charge in [-0.2, -0.15) is 0 Å². The Balaban J connectivity index is 1.61. The second-order valence-electron chi connectivity index (χ2n) is 6.80. The number of para-hydroxylation sites is 1. The summed E-state index contributed by atoms with van der Waals surface area (Å²) >= 11 is 0. The van der Waals surface area contributed by atoms with Gasteiger partial charge in [0, 0.05) is 25.1 Å². The number of nitrogens with zero attached hydrogens (tertiary/aromatic N) is 1. The van der Waals surface area contributed by atoms with E-state index >= 15 is 0 Å². The van der Waals surface area contributed by atoms with Gasteiger partial charge in [-0.3, -0.25) is 9.59 Å². The van der Waals surface area contributed by atoms with Crippen molar-refractivity contribution in [1.82, 2.24) is 4.90 Å². The molecule has 0 aliphatic carbocycles. The summed E-state index contributed by atoms with van der Waals surface area (Å²) in [6, 6.07) is 5.72. The normalized spacial score (nSPS) is 21.7. The van der Waals surface area contributed by atoms with E-state index in [0.717, 1.165) is 17.7 Å². The predicted molar refractivity (Wildman–Crippen MR) is 84.2 cm³/mol. The van der Waals surface area contributed by atoms with Crippen molar-refractivity contribution in [3.05, 3.63) is 23.8 Å². The van der Waals surface area contributed by atoms with Crippen molar-refractivity contribution >= 4 is 11.8 Å². The molecule has 1 aromatic rings. The number of benzene rings is 1. The molecule has 1 atom stereocenters. The van der Waals surface area contributed by atoms with Crippen LogP contribution in [0.3, 0.4) is 0 Å². The summed E-state index contributed by atoms with van der Waals surface area (Å²) in [4.78, 5) is 25.0. The molecule has 0 radical (unpaired) electrons. The lowest BCUT2D eigenvalue weighted by atomic mass is 10.0. The third-order valence-electron chi connectivity index (χ3n) is 4.35. The van der Waals surface area contributed by atoms with E-state index in [0.29, 0.717) is 25.3 Å². The molecule has 1 unspecified atom stereocenters. The second-order valence-corrected chi connectivity index (χ2v) is 6.80. The number of likely N-dealkylation sites (tertiary alicyclic amines) is 1. The largest absolute Gasteiger partial charge is 0.483 e. The van der Waals surface area contributed by atoms with E-state index in [9.17, 15) is 9.59 Å². The molecule has 1 fully saturated rings. The summed E-state index contributed by atoms with van der Waals surface area (Å²) in [5, 5.41) is 0. The Morgan fingerprint density at radius 1 is 1.43 bits per heavy atom. The van der Waals surface area contributed by atoms with Crippen LogP contribution in [-0.2, 0) is 16.0 Å². The number of ether oxygens (including phenoxy) is 2. The van der Waals surface area contributed by atoms with Crippen molar-refractivity contribution in [2.24, 2.45) is 11.7 Å². The molecule has 3 rings (SSSR count). The molecule has 2 aliphatic heterocycles. The lowest BCUT2D eigenvalue weighted by Crippen LogP contribution is -2.34. The van der Waals surface area contributed by atoms with E-state index in [-0.39, 0.29) is 29.9 Å². The lowest BCUT2D eigenvalue weighted by molar-refractivity contribution is -0.132. The minimum Gasteiger partial charge on any atom is -0.483 e. The molecule has 0 spiro atoms. The zero-order valence-corrected chi connectivity index (χ0v) is 13.5. The van der Waals surface area contributed by atoms with Crippen LogP contribution in [0.5, 0.6) is 11.5 Å². The van der Waals surface area contributed by atoms with E-state index < -0.39 is 0 Å². The number of hydrogen-bond acceptors (Lipinski definition) is 4. The van der Waals surface area contributed by atoms with Gasteiger partial charge in [0.1, 0.15) is 5.60 Å². The van der Waals surface area contributed by atoms with Gasteiger partial charge in [0.15, 0.2) is 18.1 Å². The molecule has 2 N–H and O–H groups in total. The Labute approximate surface area is 135 Å². The maximum absolute atomic E-state index is 12.2. The Hall–Kier alpha value is -2.24. The van der Waals surface area contributed by atoms with E-state index in [4.69, 9.17) is 15.2 Å². The van der Waals surface area contributed by atoms with Gasteiger partial charge in [-0.25, -0.2) is 0 Å². The Kier molecular flexibility index (Phi) is 3.92. The topological polar surface area (TPSA) is 81.9 Å². The van der Waals surface area contributed by atoms with Crippen LogP contribution in [0.2, 0.25) is 0 Å². The van der Waals surface area contributed by atoms with Gasteiger partial charge in [-0.1, -0.05) is 12.1 Å². The highest BCUT2D eigenvalue weighted by Gasteiger charge is 2.33. The predicted octanol–water partition coefficient (Wildman–Crippen LogP) is 1.11. The van der Waals surface area contributed by atoms with Crippen LogP contribution in [0.1, 0.15) is 25.8 Å². The van der Waals surface area contributed by atoms with Gasteiger partial charge in [0.2, 0.25) is 5.91 Å². The first-order valence-electron chi connectivity index (χ1n) is 7.86. The minimum atomic E-state index is -0.349. The first kappa shape index (κ1) is 15.6. The van der Waals surface area contributed by atoms with Gasteiger partial charge in [-0.05, 0) is 26.3 Å². The summed E-state index contributed by atoms with van der Waals surface area (Å²) in [6.07, 6.45) is 1.44. The number of carbonyl (C=O) groups is 2. The highest BCUT2D eigenvalue weighted by molar-refractivity contribution is 5.81. The number of fused-ring (bicyclic) bond motifs is 1. The molecule has 2 heterocycles. The second kappa shape index (κ2) is 5.76. The lowest BCUT2D eigenvalue weighted by Gasteiger charge is -2.19. The fourth-order valence-corrected chi connectivity index (χ4v) is 3.15. The van der Waals surface area contributed by atoms with Crippen LogP contribution in [0.15, 0.2) is 18.2 Å². The Morgan fingerprint density at radius 2 is 2.22 bits per heavy atom. The first-order valence-corrected chi connectivity index (χ1v) is 7.86. The molecule has 124 valence electrons. The summed E-state index contributed by atoms with van der Waals surface area (Å²) in [5.74, 6) is 0.583. The highest BCUT2D eigenvalue weighted by Crippen LogP contribution is 2.41. The third kappa shape index (κ3) is 3.25. The highest BCUT2D eigenvalue weighted by atomic mass is 16.5. The SMILES string of the molecule is CC1(C)Cc2cccc(OCC(=O)N3CCC(C(N)=O)C3)c2O1. The summed E-state index contributed by atoms with van der Waals surface area (Å²) in [5.41, 5.74) is 6.13. The summed E-state index contributed by atoms with van der Waals surface area (Å²) < 4.78 is 11.6. The van der Waals surface area contributed by atoms with Gasteiger partial charge >= 0.3 is 0 Å². The maximum Gasteiger partial charge on any atom is 0.260 e. The van der Waals surface area contributed by atoms with Crippen molar-refractivity contribution < 1.29 is 19.1 Å². The van der Waals surface area contributed by atoms with E-state index in [1.54, 1.807) is 4.90 Å². The Bertz CT molecular complexity index is 641. The number of rotatable bonds is 4. The van der Waals surface area contributed by atoms with Gasteiger partial charge in [-0.15, -0.1) is 0 Å². The fourth-order valence-electron chi connectivity index (χ4n) is 3.15. The monoisotopic (exact) mass is 318 g/mol. The summed E-state index contributed by atoms with van der Waals surface area (Å²) in [6.45, 7) is 4.91. The van der Waals surface area contributed by atoms with Crippen LogP contribution in [0.4, 0.5) is 0 Å². The molecule has 0 bridgehead atoms. The van der Waals surface area contributed by atoms with E-state index in [2.05, 4.69) is 0 Å². The maximum atomic E-state index is 12.2. The quantitative estimate of drug-likeness (QED) is 0.902. The third-order valence-corrected chi connectivity index (χ3v) is 4.35. The molecule has 6 nitrogen and oxygen atoms in total. The van der Waals surface area contributed by atoms with Crippen molar-refractivity contribution in [2.45, 2.75) is 32.3 Å². The molecule has 0 saturated carbocycles. The van der Waals surface area contributed by atoms with Gasteiger partial charge in [0.25, 0.3) is 5.91 Å². The average Bonchev–Trinajstić information content (AvgIpc) is 3.07. The molecule has 2 amide bonds. The van der Waals surface area contributed by atoms with Crippen molar-refractivity contribution in [3.8, 4) is 11.5 Å². The molecule has 23 heavy (non-hydrogen) atoms. The zero-order chi connectivity index (χ0) is 16.6. The molecule has 1 saturated heterocycles. The number of carbonyl (C=O) groups excluding carboxylic acids is 2. The number of nitrogens with two attached hydrogens (primary N) is 1. The fraction of sp³-hybridized carbons (Fsp3) is 0.529. The molecule has 0 aromatic heterocycles. The smallest absolute Gasteiger partial charge is 0.260 e. The number of hydrogen-bond donors (Lipinski definition) is 1. The van der Waals surface area contributed by atoms with Gasteiger partial charge < -0.3 is 20.1 Å². The first-order chi connectivity index (χ1) is 10.9. The molecular formula is C17H22N2O4. The van der Waals surface area contributed by atoms with Crippen molar-refractivity contribution in [2.75, 3.05) is 19.7 Å². The van der Waals surface area contributed by atoms with Crippen LogP contribution >= 0.6 is 0 Å². The average molecular weight is 318 g/mol. The number of amides is 2. The van der Waals surface area contributed by atoms with Crippen LogP contribution in [-0.4, -0.2) is 42.0 Å². The zero-order valence-electron chi connectivity index (χ0n) is 13.5. The molecule has 1 aromatic carbocycles. The van der Waals surface area contributed by atoms with Crippen LogP contribution in [0.25, 0.3) is 0 Å². The minimum absolute atomic E-state index is 0.0638. The van der Waals surface area contributed by atoms with Crippen LogP contribution < -0.4 is 15.2 Å². The molecule has 6 heteroatoms. The van der Waals surface area contributed by atoms with Crippen LogP contribution in [0, 0.1) is 5.92 Å². The van der Waals surface area contributed by atoms with E-state index in [1.807, 2.05) is 32.0 Å². The number of primary amides is 1. The Morgan fingerprint density at radius 3 is 2.91 bits per heavy atom. The molecule has 2 aliphatic rings. The van der Waals surface area contributed by atoms with Crippen molar-refractivity contribution in [1.29, 1.82) is 0 Å². The van der Waals surface area contributed by atoms with Crippen molar-refractivity contribution in [3.63, 3.8) is 0 Å². The summed E-state index contributed by atoms with van der Waals surface area (Å²) in [7, 11) is 0. The standard InChI is InChI=1S/C17H22N2O4/c1-17(2)8-11-4-3-5-13(15(11)23-17)22-10-14(20)19-7-6-12(9-19)16(18)21/h3-5,12H,6-10H2,1-2H3,(H2,18,21).